The Morgan fingerprint density at radius 2 is 1.70 bits per heavy atom. The van der Waals surface area contributed by atoms with E-state index in [-0.39, 0.29) is 5.88 Å². The average molecular weight is 333 g/mol. The molecule has 1 heterocycles. The van der Waals surface area contributed by atoms with Gasteiger partial charge in [-0.1, -0.05) is 0 Å². The van der Waals surface area contributed by atoms with Gasteiger partial charge in [0.1, 0.15) is 13.0 Å². The van der Waals surface area contributed by atoms with Gasteiger partial charge in [0.25, 0.3) is 0 Å². The Bertz CT molecular complexity index is 716. The SMILES string of the molecule is COc1cc2cc[n+](C)c(O)c2cc1OC.O=C([O-])C(F)(F)F. The highest BCUT2D eigenvalue weighted by Crippen LogP contribution is 2.34. The minimum Gasteiger partial charge on any atom is -0.542 e. The number of ether oxygens (including phenoxy) is 2. The predicted molar refractivity (Wildman–Crippen MR) is 71.0 cm³/mol. The minimum atomic E-state index is -5.19. The van der Waals surface area contributed by atoms with Crippen LogP contribution in [0.5, 0.6) is 17.4 Å². The summed E-state index contributed by atoms with van der Waals surface area (Å²) in [6.45, 7) is 0. The summed E-state index contributed by atoms with van der Waals surface area (Å²) >= 11 is 0. The molecule has 1 aromatic carbocycles. The molecule has 23 heavy (non-hydrogen) atoms. The molecule has 1 aromatic heterocycles. The van der Waals surface area contributed by atoms with Gasteiger partial charge in [-0.25, -0.2) is 0 Å². The van der Waals surface area contributed by atoms with Crippen molar-refractivity contribution in [3.8, 4) is 17.4 Å². The number of aryl methyl sites for hydroxylation is 1. The Hall–Kier alpha value is -2.71. The van der Waals surface area contributed by atoms with Gasteiger partial charge in [-0.3, -0.25) is 0 Å². The van der Waals surface area contributed by atoms with Gasteiger partial charge in [-0.05, 0) is 6.07 Å². The van der Waals surface area contributed by atoms with Crippen LogP contribution in [0.3, 0.4) is 0 Å². The first-order valence-electron chi connectivity index (χ1n) is 6.13. The van der Waals surface area contributed by atoms with Crippen LogP contribution in [0.2, 0.25) is 0 Å². The number of aliphatic carboxylic acids is 1. The van der Waals surface area contributed by atoms with Gasteiger partial charge >= 0.3 is 12.1 Å². The largest absolute Gasteiger partial charge is 0.542 e. The van der Waals surface area contributed by atoms with Crippen molar-refractivity contribution in [1.82, 2.24) is 0 Å². The summed E-state index contributed by atoms with van der Waals surface area (Å²) < 4.78 is 43.6. The molecule has 2 rings (SSSR count). The maximum Gasteiger partial charge on any atom is 0.430 e. The zero-order chi connectivity index (χ0) is 17.8. The van der Waals surface area contributed by atoms with Crippen LogP contribution < -0.4 is 19.1 Å². The predicted octanol–water partition coefficient (Wildman–Crippen LogP) is 0.686. The fraction of sp³-hybridized carbons (Fsp3) is 0.286. The molecule has 0 atom stereocenters. The zero-order valence-electron chi connectivity index (χ0n) is 12.5. The molecule has 0 saturated carbocycles. The van der Waals surface area contributed by atoms with E-state index in [2.05, 4.69) is 0 Å². The average Bonchev–Trinajstić information content (AvgIpc) is 2.49. The van der Waals surface area contributed by atoms with Crippen molar-refractivity contribution >= 4 is 16.7 Å². The van der Waals surface area contributed by atoms with Crippen LogP contribution in [-0.2, 0) is 11.8 Å². The summed E-state index contributed by atoms with van der Waals surface area (Å²) in [5.74, 6) is -1.54. The number of aromatic nitrogens is 1. The lowest BCUT2D eigenvalue weighted by molar-refractivity contribution is -0.676. The van der Waals surface area contributed by atoms with Crippen LogP contribution in [0.4, 0.5) is 13.2 Å². The van der Waals surface area contributed by atoms with E-state index in [1.54, 1.807) is 38.1 Å². The molecule has 0 fully saturated rings. The van der Waals surface area contributed by atoms with Crippen molar-refractivity contribution in [3.05, 3.63) is 24.4 Å². The Morgan fingerprint density at radius 1 is 1.22 bits per heavy atom. The van der Waals surface area contributed by atoms with Crippen LogP contribution in [0.1, 0.15) is 0 Å². The van der Waals surface area contributed by atoms with E-state index in [1.165, 1.54) is 0 Å². The number of halogens is 3. The van der Waals surface area contributed by atoms with E-state index in [0.29, 0.717) is 11.5 Å². The molecule has 0 radical (unpaired) electrons. The molecule has 2 aromatic rings. The third-order valence-electron chi connectivity index (χ3n) is 2.84. The number of carbonyl (C=O) groups excluding carboxylic acids is 1. The van der Waals surface area contributed by atoms with Crippen molar-refractivity contribution in [2.75, 3.05) is 14.2 Å². The van der Waals surface area contributed by atoms with Crippen molar-refractivity contribution in [1.29, 1.82) is 0 Å². The molecule has 0 aliphatic carbocycles. The second-order valence-electron chi connectivity index (χ2n) is 4.33. The lowest BCUT2D eigenvalue weighted by Gasteiger charge is -2.08. The van der Waals surface area contributed by atoms with Crippen molar-refractivity contribution < 1.29 is 42.2 Å². The van der Waals surface area contributed by atoms with Gasteiger partial charge in [-0.2, -0.15) is 17.7 Å². The van der Waals surface area contributed by atoms with Gasteiger partial charge in [0.2, 0.25) is 0 Å². The number of hydrogen-bond acceptors (Lipinski definition) is 5. The summed E-state index contributed by atoms with van der Waals surface area (Å²) in [4.78, 5) is 8.78. The van der Waals surface area contributed by atoms with E-state index in [1.807, 2.05) is 12.1 Å². The van der Waals surface area contributed by atoms with E-state index in [0.717, 1.165) is 10.8 Å². The van der Waals surface area contributed by atoms with Crippen molar-refractivity contribution in [2.24, 2.45) is 7.05 Å². The number of hydrogen-bond donors (Lipinski definition) is 1. The van der Waals surface area contributed by atoms with Gasteiger partial charge in [0.15, 0.2) is 17.7 Å². The molecule has 6 nitrogen and oxygen atoms in total. The second kappa shape index (κ2) is 7.03. The fourth-order valence-corrected chi connectivity index (χ4v) is 1.68. The summed E-state index contributed by atoms with van der Waals surface area (Å²) in [5, 5.41) is 20.3. The number of fused-ring (bicyclic) bond motifs is 1. The number of carbonyl (C=O) groups is 1. The highest BCUT2D eigenvalue weighted by atomic mass is 19.4. The van der Waals surface area contributed by atoms with Gasteiger partial charge < -0.3 is 24.5 Å². The summed E-state index contributed by atoms with van der Waals surface area (Å²) in [7, 11) is 4.95. The quantitative estimate of drug-likeness (QED) is 0.818. The highest BCUT2D eigenvalue weighted by Gasteiger charge is 2.28. The summed E-state index contributed by atoms with van der Waals surface area (Å²) in [6.07, 6.45) is -3.40. The van der Waals surface area contributed by atoms with Crippen LogP contribution in [-0.4, -0.2) is 31.5 Å². The first kappa shape index (κ1) is 18.3. The Labute approximate surface area is 129 Å². The first-order chi connectivity index (χ1) is 10.6. The number of aromatic hydroxyl groups is 1. The maximum atomic E-state index is 10.5. The monoisotopic (exact) mass is 333 g/mol. The van der Waals surface area contributed by atoms with Crippen LogP contribution >= 0.6 is 0 Å². The second-order valence-corrected chi connectivity index (χ2v) is 4.33. The molecule has 0 amide bonds. The van der Waals surface area contributed by atoms with E-state index in [4.69, 9.17) is 19.4 Å². The molecular formula is C14H14F3NO5. The van der Waals surface area contributed by atoms with Gasteiger partial charge in [0.05, 0.1) is 19.6 Å². The smallest absolute Gasteiger partial charge is 0.430 e. The Balaban J connectivity index is 0.000000322. The fourth-order valence-electron chi connectivity index (χ4n) is 1.68. The summed E-state index contributed by atoms with van der Waals surface area (Å²) in [5.41, 5.74) is 0. The molecule has 0 saturated heterocycles. The molecule has 1 N–H and O–H groups in total. The lowest BCUT2D eigenvalue weighted by atomic mass is 10.1. The number of carboxylic acid groups (broad SMARTS) is 1. The van der Waals surface area contributed by atoms with E-state index < -0.39 is 12.1 Å². The highest BCUT2D eigenvalue weighted by molar-refractivity contribution is 5.88. The lowest BCUT2D eigenvalue weighted by Crippen LogP contribution is -2.37. The molecule has 126 valence electrons. The third kappa shape index (κ3) is 4.38. The van der Waals surface area contributed by atoms with Crippen LogP contribution in [0, 0.1) is 0 Å². The number of pyridine rings is 1. The Kier molecular flexibility index (Phi) is 5.61. The van der Waals surface area contributed by atoms with E-state index >= 15 is 0 Å². The topological polar surface area (TPSA) is 82.7 Å². The third-order valence-corrected chi connectivity index (χ3v) is 2.84. The minimum absolute atomic E-state index is 0.207. The van der Waals surface area contributed by atoms with Crippen molar-refractivity contribution in [3.63, 3.8) is 0 Å². The molecule has 0 bridgehead atoms. The molecular weight excluding hydrogens is 319 g/mol. The van der Waals surface area contributed by atoms with Gasteiger partial charge in [0, 0.05) is 17.5 Å². The molecule has 9 heteroatoms. The molecule has 0 aliphatic heterocycles. The first-order valence-corrected chi connectivity index (χ1v) is 6.13. The number of alkyl halides is 3. The number of benzene rings is 1. The number of methoxy groups -OCH3 is 2. The number of carboxylic acids is 1. The molecule has 0 aliphatic rings. The standard InChI is InChI=1S/C12H13NO3.C2HF3O2/c1-13-5-4-8-6-10(15-2)11(16-3)7-9(8)12(13)14;3-2(4,5)1(6)7/h4-7H,1-3H3;(H,6,7). The molecule has 0 unspecified atom stereocenters. The van der Waals surface area contributed by atoms with Crippen LogP contribution in [0.25, 0.3) is 10.8 Å². The molecule has 0 spiro atoms. The van der Waals surface area contributed by atoms with E-state index in [9.17, 15) is 18.3 Å². The van der Waals surface area contributed by atoms with Crippen molar-refractivity contribution in [2.45, 2.75) is 6.18 Å². The number of rotatable bonds is 2. The zero-order valence-corrected chi connectivity index (χ0v) is 12.5. The van der Waals surface area contributed by atoms with Crippen LogP contribution in [0.15, 0.2) is 24.4 Å². The maximum absolute atomic E-state index is 10.5. The normalized spacial score (nSPS) is 10.7. The van der Waals surface area contributed by atoms with Gasteiger partial charge in [-0.15, -0.1) is 0 Å². The Morgan fingerprint density at radius 3 is 2.13 bits per heavy atom. The number of nitrogens with zero attached hydrogens (tertiary/aromatic N) is 1. The summed E-state index contributed by atoms with van der Waals surface area (Å²) in [6, 6.07) is 5.52.